The van der Waals surface area contributed by atoms with Crippen molar-refractivity contribution in [2.45, 2.75) is 27.2 Å². The highest BCUT2D eigenvalue weighted by molar-refractivity contribution is 7.16. The molecular weight excluding hydrogens is 381 g/mol. The molecule has 0 bridgehead atoms. The van der Waals surface area contributed by atoms with Gasteiger partial charge in [0.1, 0.15) is 16.5 Å². The number of anilines is 1. The molecule has 2 aromatic heterocycles. The van der Waals surface area contributed by atoms with Crippen molar-refractivity contribution in [2.24, 2.45) is 0 Å². The van der Waals surface area contributed by atoms with E-state index in [4.69, 9.17) is 4.74 Å². The van der Waals surface area contributed by atoms with Gasteiger partial charge in [-0.3, -0.25) is 4.79 Å². The van der Waals surface area contributed by atoms with Crippen LogP contribution < -0.4 is 5.32 Å². The van der Waals surface area contributed by atoms with E-state index in [0.717, 1.165) is 11.3 Å². The predicted molar refractivity (Wildman–Crippen MR) is 106 cm³/mol. The molecule has 3 rings (SSSR count). The molecule has 146 valence electrons. The summed E-state index contributed by atoms with van der Waals surface area (Å²) in [6.45, 7) is 5.63. The molecule has 0 spiro atoms. The van der Waals surface area contributed by atoms with Crippen molar-refractivity contribution in [2.75, 3.05) is 11.9 Å². The molecule has 0 aliphatic carbocycles. The van der Waals surface area contributed by atoms with Gasteiger partial charge in [0.2, 0.25) is 0 Å². The van der Waals surface area contributed by atoms with Crippen LogP contribution in [-0.4, -0.2) is 28.3 Å². The number of nitrogens with one attached hydrogen (secondary N) is 1. The standard InChI is InChI=1S/C20H20FN3O3S/c1-4-13-10-14(20(26)27-5-2)19(28-13)23-18(25)15-11-22-24(12(15)3)17-9-7-6-8-16(17)21/h6-11H,4-5H2,1-3H3,(H,23,25). The lowest BCUT2D eigenvalue weighted by molar-refractivity contribution is 0.0528. The Balaban J connectivity index is 1.90. The van der Waals surface area contributed by atoms with Crippen LogP contribution in [0.1, 0.15) is 45.1 Å². The summed E-state index contributed by atoms with van der Waals surface area (Å²) in [4.78, 5) is 25.9. The Bertz CT molecular complexity index is 1030. The highest BCUT2D eigenvalue weighted by atomic mass is 32.1. The van der Waals surface area contributed by atoms with Crippen LogP contribution in [0.3, 0.4) is 0 Å². The summed E-state index contributed by atoms with van der Waals surface area (Å²) in [7, 11) is 0. The maximum absolute atomic E-state index is 14.1. The molecule has 0 radical (unpaired) electrons. The number of thiophene rings is 1. The normalized spacial score (nSPS) is 10.7. The highest BCUT2D eigenvalue weighted by Gasteiger charge is 2.22. The van der Waals surface area contributed by atoms with Crippen LogP contribution in [0.5, 0.6) is 0 Å². The molecule has 2 heterocycles. The lowest BCUT2D eigenvalue weighted by atomic mass is 10.2. The summed E-state index contributed by atoms with van der Waals surface area (Å²) in [5.41, 5.74) is 1.38. The second kappa shape index (κ2) is 8.35. The molecule has 0 aliphatic heterocycles. The summed E-state index contributed by atoms with van der Waals surface area (Å²) in [6, 6.07) is 7.93. The maximum atomic E-state index is 14.1. The topological polar surface area (TPSA) is 73.2 Å². The Morgan fingerprint density at radius 2 is 2.00 bits per heavy atom. The van der Waals surface area contributed by atoms with E-state index in [1.807, 2.05) is 6.92 Å². The minimum atomic E-state index is -0.479. The number of nitrogens with zero attached hydrogens (tertiary/aromatic N) is 2. The molecule has 1 aromatic carbocycles. The zero-order valence-corrected chi connectivity index (χ0v) is 16.6. The number of amides is 1. The van der Waals surface area contributed by atoms with Gasteiger partial charge in [0.15, 0.2) is 0 Å². The molecule has 1 N–H and O–H groups in total. The van der Waals surface area contributed by atoms with Crippen molar-refractivity contribution in [1.29, 1.82) is 0 Å². The first-order valence-electron chi connectivity index (χ1n) is 8.86. The summed E-state index contributed by atoms with van der Waals surface area (Å²) in [5, 5.41) is 7.35. The predicted octanol–water partition coefficient (Wildman–Crippen LogP) is 4.37. The van der Waals surface area contributed by atoms with Crippen molar-refractivity contribution in [3.63, 3.8) is 0 Å². The van der Waals surface area contributed by atoms with E-state index >= 15 is 0 Å². The fraction of sp³-hybridized carbons (Fsp3) is 0.250. The molecular formula is C20H20FN3O3S. The first-order valence-corrected chi connectivity index (χ1v) is 9.68. The monoisotopic (exact) mass is 401 g/mol. The van der Waals surface area contributed by atoms with Crippen LogP contribution in [0.25, 0.3) is 5.69 Å². The second-order valence-electron chi connectivity index (χ2n) is 5.99. The van der Waals surface area contributed by atoms with Crippen molar-refractivity contribution in [1.82, 2.24) is 9.78 Å². The minimum Gasteiger partial charge on any atom is -0.462 e. The van der Waals surface area contributed by atoms with E-state index in [2.05, 4.69) is 10.4 Å². The maximum Gasteiger partial charge on any atom is 0.341 e. The van der Waals surface area contributed by atoms with Gasteiger partial charge < -0.3 is 10.1 Å². The number of carbonyl (C=O) groups excluding carboxylic acids is 2. The van der Waals surface area contributed by atoms with E-state index in [1.54, 1.807) is 38.1 Å². The number of hydrogen-bond acceptors (Lipinski definition) is 5. The van der Waals surface area contributed by atoms with Gasteiger partial charge in [-0.25, -0.2) is 13.9 Å². The Hall–Kier alpha value is -3.00. The lowest BCUT2D eigenvalue weighted by Gasteiger charge is -2.08. The third-order valence-electron chi connectivity index (χ3n) is 4.19. The van der Waals surface area contributed by atoms with E-state index in [9.17, 15) is 14.0 Å². The molecule has 6 nitrogen and oxygen atoms in total. The molecule has 0 fully saturated rings. The van der Waals surface area contributed by atoms with Crippen LogP contribution >= 0.6 is 11.3 Å². The van der Waals surface area contributed by atoms with E-state index in [-0.39, 0.29) is 12.3 Å². The van der Waals surface area contributed by atoms with Crippen molar-refractivity contribution >= 4 is 28.2 Å². The van der Waals surface area contributed by atoms with Crippen molar-refractivity contribution in [3.05, 3.63) is 64.0 Å². The minimum absolute atomic E-state index is 0.248. The molecule has 0 atom stereocenters. The highest BCUT2D eigenvalue weighted by Crippen LogP contribution is 2.30. The summed E-state index contributed by atoms with van der Waals surface area (Å²) in [6.07, 6.45) is 2.12. The Labute approximate surface area is 165 Å². The number of benzene rings is 1. The largest absolute Gasteiger partial charge is 0.462 e. The van der Waals surface area contributed by atoms with Gasteiger partial charge in [0.05, 0.1) is 29.6 Å². The number of halogens is 1. The number of carbonyl (C=O) groups is 2. The number of hydrogen-bond donors (Lipinski definition) is 1. The number of rotatable bonds is 6. The molecule has 8 heteroatoms. The number of aryl methyl sites for hydroxylation is 1. The Morgan fingerprint density at radius 3 is 2.68 bits per heavy atom. The molecule has 0 saturated carbocycles. The fourth-order valence-corrected chi connectivity index (χ4v) is 3.72. The number of aromatic nitrogens is 2. The zero-order chi connectivity index (χ0) is 20.3. The van der Waals surface area contributed by atoms with Crippen LogP contribution in [0.2, 0.25) is 0 Å². The zero-order valence-electron chi connectivity index (χ0n) is 15.8. The van der Waals surface area contributed by atoms with Gasteiger partial charge >= 0.3 is 5.97 Å². The van der Waals surface area contributed by atoms with Gasteiger partial charge in [-0.05, 0) is 38.5 Å². The van der Waals surface area contributed by atoms with Crippen LogP contribution in [-0.2, 0) is 11.2 Å². The van der Waals surface area contributed by atoms with E-state index in [1.165, 1.54) is 28.3 Å². The Morgan fingerprint density at radius 1 is 1.25 bits per heavy atom. The smallest absolute Gasteiger partial charge is 0.341 e. The number of esters is 1. The van der Waals surface area contributed by atoms with Crippen molar-refractivity contribution < 1.29 is 18.7 Å². The summed E-state index contributed by atoms with van der Waals surface area (Å²) >= 11 is 1.33. The quantitative estimate of drug-likeness (QED) is 0.623. The lowest BCUT2D eigenvalue weighted by Crippen LogP contribution is -2.15. The third-order valence-corrected chi connectivity index (χ3v) is 5.38. The number of ether oxygens (including phenoxy) is 1. The Kier molecular flexibility index (Phi) is 5.89. The molecule has 1 amide bonds. The van der Waals surface area contributed by atoms with Gasteiger partial charge in [-0.2, -0.15) is 5.10 Å². The molecule has 0 unspecified atom stereocenters. The van der Waals surface area contributed by atoms with Gasteiger partial charge in [-0.1, -0.05) is 19.1 Å². The van der Waals surface area contributed by atoms with Gasteiger partial charge in [-0.15, -0.1) is 11.3 Å². The summed E-state index contributed by atoms with van der Waals surface area (Å²) < 4.78 is 20.5. The number of para-hydroxylation sites is 1. The second-order valence-corrected chi connectivity index (χ2v) is 7.13. The first kappa shape index (κ1) is 19.8. The molecule has 28 heavy (non-hydrogen) atoms. The average Bonchev–Trinajstić information content (AvgIpc) is 3.26. The molecule has 0 saturated heterocycles. The average molecular weight is 401 g/mol. The van der Waals surface area contributed by atoms with Gasteiger partial charge in [0.25, 0.3) is 5.91 Å². The molecule has 0 aliphatic rings. The summed E-state index contributed by atoms with van der Waals surface area (Å²) in [5.74, 6) is -1.33. The van der Waals surface area contributed by atoms with Crippen LogP contribution in [0, 0.1) is 12.7 Å². The SMILES string of the molecule is CCOC(=O)c1cc(CC)sc1NC(=O)c1cnn(-c2ccccc2F)c1C. The van der Waals surface area contributed by atoms with Crippen LogP contribution in [0.4, 0.5) is 9.39 Å². The van der Waals surface area contributed by atoms with E-state index in [0.29, 0.717) is 21.8 Å². The fourth-order valence-electron chi connectivity index (χ4n) is 2.74. The molecule has 3 aromatic rings. The van der Waals surface area contributed by atoms with E-state index < -0.39 is 17.7 Å². The van der Waals surface area contributed by atoms with Crippen LogP contribution in [0.15, 0.2) is 36.5 Å². The van der Waals surface area contributed by atoms with Crippen molar-refractivity contribution in [3.8, 4) is 5.69 Å². The third kappa shape index (κ3) is 3.82. The van der Waals surface area contributed by atoms with Gasteiger partial charge in [0, 0.05) is 4.88 Å². The first-order chi connectivity index (χ1) is 13.5.